The van der Waals surface area contributed by atoms with E-state index in [4.69, 9.17) is 0 Å². The van der Waals surface area contributed by atoms with Gasteiger partial charge in [-0.2, -0.15) is 10.0 Å². The third kappa shape index (κ3) is 2.85. The van der Waals surface area contributed by atoms with Crippen molar-refractivity contribution >= 4 is 15.7 Å². The van der Waals surface area contributed by atoms with Crippen LogP contribution in [0.1, 0.15) is 0 Å². The number of nitro groups is 1. The molecular weight excluding hydrogens is 306 g/mol. The number of rotatable bonds is 4. The number of hydrogen-bond acceptors (Lipinski definition) is 2. The fourth-order valence-corrected chi connectivity index (χ4v) is 5.53. The summed E-state index contributed by atoms with van der Waals surface area (Å²) in [6.07, 6.45) is 2.23. The van der Waals surface area contributed by atoms with Gasteiger partial charge < -0.3 is 0 Å². The van der Waals surface area contributed by atoms with Gasteiger partial charge in [0.15, 0.2) is 0 Å². The lowest BCUT2D eigenvalue weighted by atomic mass is 10.3. The molecule has 0 aromatic heterocycles. The van der Waals surface area contributed by atoms with Gasteiger partial charge in [0.2, 0.25) is 0 Å². The molecule has 4 heteroatoms. The van der Waals surface area contributed by atoms with E-state index < -0.39 is 10.0 Å². The van der Waals surface area contributed by atoms with E-state index in [1.54, 1.807) is 12.1 Å². The first kappa shape index (κ1) is 15.3. The Hall–Kier alpha value is -2.59. The molecule has 3 rings (SSSR count). The number of hydrogen-bond donors (Lipinski definition) is 0. The first-order valence-corrected chi connectivity index (χ1v) is 9.29. The van der Waals surface area contributed by atoms with E-state index in [2.05, 4.69) is 30.5 Å². The van der Waals surface area contributed by atoms with Crippen molar-refractivity contribution in [2.45, 2.75) is 14.7 Å². The Kier molecular flexibility index (Phi) is 4.17. The first-order valence-electron chi connectivity index (χ1n) is 7.25. The minimum Gasteiger partial charge on any atom is -0.258 e. The highest BCUT2D eigenvalue weighted by Crippen LogP contribution is 2.65. The van der Waals surface area contributed by atoms with E-state index in [0.29, 0.717) is 0 Å². The fourth-order valence-electron chi connectivity index (χ4n) is 2.63. The monoisotopic (exact) mass is 323 g/mol. The number of benzene rings is 3. The van der Waals surface area contributed by atoms with Crippen LogP contribution >= 0.6 is 10.0 Å². The minimum absolute atomic E-state index is 0.122. The maximum absolute atomic E-state index is 10.9. The van der Waals surface area contributed by atoms with Crippen LogP contribution in [0.25, 0.3) is 0 Å². The molecule has 0 aliphatic carbocycles. The van der Waals surface area contributed by atoms with Gasteiger partial charge in [0, 0.05) is 12.1 Å². The van der Waals surface area contributed by atoms with Crippen LogP contribution < -0.4 is 0 Å². The van der Waals surface area contributed by atoms with Crippen LogP contribution in [0.3, 0.4) is 0 Å². The molecule has 0 unspecified atom stereocenters. The van der Waals surface area contributed by atoms with Crippen LogP contribution in [0, 0.1) is 10.1 Å². The van der Waals surface area contributed by atoms with Crippen molar-refractivity contribution in [3.05, 3.63) is 95.0 Å². The maximum Gasteiger partial charge on any atom is 0.269 e. The van der Waals surface area contributed by atoms with Crippen molar-refractivity contribution in [2.75, 3.05) is 6.26 Å². The fraction of sp³-hybridized carbons (Fsp3) is 0.0526. The average Bonchev–Trinajstić information content (AvgIpc) is 2.62. The van der Waals surface area contributed by atoms with Crippen molar-refractivity contribution in [1.29, 1.82) is 0 Å². The van der Waals surface area contributed by atoms with Crippen molar-refractivity contribution in [1.82, 2.24) is 0 Å². The summed E-state index contributed by atoms with van der Waals surface area (Å²) in [5.74, 6) is 0. The summed E-state index contributed by atoms with van der Waals surface area (Å²) in [6, 6.07) is 27.6. The summed E-state index contributed by atoms with van der Waals surface area (Å²) in [6.45, 7) is 0. The molecule has 0 fully saturated rings. The maximum atomic E-state index is 10.9. The second kappa shape index (κ2) is 6.26. The molecule has 0 atom stereocenters. The molecule has 3 aromatic rings. The molecule has 23 heavy (non-hydrogen) atoms. The lowest BCUT2D eigenvalue weighted by Crippen LogP contribution is -2.01. The van der Waals surface area contributed by atoms with Crippen LogP contribution in [0.4, 0.5) is 5.69 Å². The molecule has 0 saturated carbocycles. The number of non-ortho nitro benzene ring substituents is 1. The van der Waals surface area contributed by atoms with Crippen molar-refractivity contribution in [2.24, 2.45) is 0 Å². The third-order valence-electron chi connectivity index (χ3n) is 3.95. The summed E-state index contributed by atoms with van der Waals surface area (Å²) in [5, 5.41) is 10.9. The zero-order valence-electron chi connectivity index (χ0n) is 12.8. The first-order chi connectivity index (χ1) is 11.1. The minimum atomic E-state index is -1.44. The smallest absolute Gasteiger partial charge is 0.258 e. The molecule has 0 heterocycles. The second-order valence-corrected chi connectivity index (χ2v) is 8.55. The van der Waals surface area contributed by atoms with Gasteiger partial charge in [-0.05, 0) is 57.3 Å². The van der Waals surface area contributed by atoms with Crippen molar-refractivity contribution < 1.29 is 4.92 Å². The SMILES string of the molecule is CS(c1ccccc1)(c1ccccc1)c1ccc([N+](=O)[O-])cc1. The highest BCUT2D eigenvalue weighted by molar-refractivity contribution is 8.33. The van der Waals surface area contributed by atoms with Gasteiger partial charge in [-0.1, -0.05) is 36.4 Å². The highest BCUT2D eigenvalue weighted by Gasteiger charge is 2.26. The van der Waals surface area contributed by atoms with Crippen molar-refractivity contribution in [3.63, 3.8) is 0 Å². The molecule has 0 aliphatic heterocycles. The highest BCUT2D eigenvalue weighted by atomic mass is 32.3. The van der Waals surface area contributed by atoms with Crippen molar-refractivity contribution in [3.8, 4) is 0 Å². The summed E-state index contributed by atoms with van der Waals surface area (Å²) >= 11 is 0. The molecule has 0 amide bonds. The van der Waals surface area contributed by atoms with Gasteiger partial charge in [0.25, 0.3) is 5.69 Å². The van der Waals surface area contributed by atoms with Crippen LogP contribution in [-0.2, 0) is 0 Å². The Labute approximate surface area is 137 Å². The average molecular weight is 323 g/mol. The Bertz CT molecular complexity index is 762. The normalized spacial score (nSPS) is 11.9. The second-order valence-electron chi connectivity index (χ2n) is 5.30. The van der Waals surface area contributed by atoms with Crippen LogP contribution in [0.2, 0.25) is 0 Å². The molecular formula is C19H17NO2S. The number of nitro benzene ring substituents is 1. The molecule has 3 nitrogen and oxygen atoms in total. The van der Waals surface area contributed by atoms with E-state index in [0.717, 1.165) is 4.90 Å². The molecule has 116 valence electrons. The largest absolute Gasteiger partial charge is 0.269 e. The van der Waals surface area contributed by atoms with Gasteiger partial charge in [-0.3, -0.25) is 10.1 Å². The number of nitrogens with zero attached hydrogens (tertiary/aromatic N) is 1. The summed E-state index contributed by atoms with van der Waals surface area (Å²) in [7, 11) is -1.44. The van der Waals surface area contributed by atoms with Gasteiger partial charge in [-0.25, -0.2) is 0 Å². The van der Waals surface area contributed by atoms with Crippen LogP contribution in [-0.4, -0.2) is 11.2 Å². The molecule has 0 spiro atoms. The molecule has 0 saturated heterocycles. The zero-order valence-corrected chi connectivity index (χ0v) is 13.6. The molecule has 0 bridgehead atoms. The molecule has 3 aromatic carbocycles. The summed E-state index contributed by atoms with van der Waals surface area (Å²) < 4.78 is 0. The van der Waals surface area contributed by atoms with E-state index in [1.807, 2.05) is 48.5 Å². The summed E-state index contributed by atoms with van der Waals surface area (Å²) in [4.78, 5) is 14.1. The predicted octanol–water partition coefficient (Wildman–Crippen LogP) is 5.51. The van der Waals surface area contributed by atoms with E-state index in [1.165, 1.54) is 9.79 Å². The quantitative estimate of drug-likeness (QED) is 0.469. The Morgan fingerprint density at radius 1 is 0.696 bits per heavy atom. The standard InChI is InChI=1S/C19H17NO2S/c1-23(17-8-4-2-5-9-17,18-10-6-3-7-11-18)19-14-12-16(13-15-19)20(21)22/h2-15H,1H3. The molecule has 0 aliphatic rings. The zero-order chi connectivity index (χ0) is 16.3. The Morgan fingerprint density at radius 2 is 1.09 bits per heavy atom. The van der Waals surface area contributed by atoms with E-state index in [9.17, 15) is 10.1 Å². The van der Waals surface area contributed by atoms with Gasteiger partial charge in [0.1, 0.15) is 0 Å². The van der Waals surface area contributed by atoms with E-state index in [-0.39, 0.29) is 10.6 Å². The van der Waals surface area contributed by atoms with Crippen LogP contribution in [0.15, 0.2) is 99.6 Å². The molecule has 0 radical (unpaired) electrons. The Morgan fingerprint density at radius 3 is 1.48 bits per heavy atom. The Balaban J connectivity index is 2.18. The van der Waals surface area contributed by atoms with Gasteiger partial charge in [-0.15, -0.1) is 0 Å². The lowest BCUT2D eigenvalue weighted by Gasteiger charge is -2.37. The van der Waals surface area contributed by atoms with Crippen LogP contribution in [0.5, 0.6) is 0 Å². The topological polar surface area (TPSA) is 43.1 Å². The third-order valence-corrected chi connectivity index (χ3v) is 7.59. The van der Waals surface area contributed by atoms with Gasteiger partial charge in [0.05, 0.1) is 4.92 Å². The lowest BCUT2D eigenvalue weighted by molar-refractivity contribution is -0.384. The van der Waals surface area contributed by atoms with E-state index >= 15 is 0 Å². The van der Waals surface area contributed by atoms with Gasteiger partial charge >= 0.3 is 0 Å². The predicted molar refractivity (Wildman–Crippen MR) is 94.3 cm³/mol. The summed E-state index contributed by atoms with van der Waals surface area (Å²) in [5.41, 5.74) is 0.122. The molecule has 0 N–H and O–H groups in total.